The summed E-state index contributed by atoms with van der Waals surface area (Å²) < 4.78 is 4.65. The van der Waals surface area contributed by atoms with Gasteiger partial charge in [-0.05, 0) is 7.05 Å². The maximum absolute atomic E-state index is 10.5. The van der Waals surface area contributed by atoms with Crippen molar-refractivity contribution in [1.82, 2.24) is 5.32 Å². The molecule has 1 aliphatic heterocycles. The average molecular weight is 115 g/mol. The molecule has 0 aromatic carbocycles. The Balaban J connectivity index is 2.42. The zero-order valence-corrected chi connectivity index (χ0v) is 4.81. The minimum Gasteiger partial charge on any atom is -0.464 e. The fraction of sp³-hybridized carbons (Fsp3) is 0.800. The lowest BCUT2D eigenvalue weighted by molar-refractivity contribution is -0.139. The highest BCUT2D eigenvalue weighted by atomic mass is 16.5. The van der Waals surface area contributed by atoms with E-state index in [9.17, 15) is 4.79 Å². The predicted molar refractivity (Wildman–Crippen MR) is 28.4 cm³/mol. The highest BCUT2D eigenvalue weighted by Gasteiger charge is 2.23. The normalized spacial score (nSPS) is 28.1. The van der Waals surface area contributed by atoms with Crippen LogP contribution in [-0.4, -0.2) is 25.7 Å². The fourth-order valence-electron chi connectivity index (χ4n) is 0.758. The summed E-state index contributed by atoms with van der Waals surface area (Å²) in [6, 6.07) is -0.0463. The Hall–Kier alpha value is -0.570. The molecular formula is C5H9NO2. The van der Waals surface area contributed by atoms with Crippen LogP contribution in [-0.2, 0) is 9.53 Å². The Morgan fingerprint density at radius 2 is 2.62 bits per heavy atom. The van der Waals surface area contributed by atoms with Crippen molar-refractivity contribution >= 4 is 5.97 Å². The molecule has 8 heavy (non-hydrogen) atoms. The molecule has 0 aliphatic carbocycles. The van der Waals surface area contributed by atoms with Crippen LogP contribution in [0.25, 0.3) is 0 Å². The summed E-state index contributed by atoms with van der Waals surface area (Å²) in [5.41, 5.74) is 0. The lowest BCUT2D eigenvalue weighted by Gasteiger charge is -1.98. The quantitative estimate of drug-likeness (QED) is 0.469. The Kier molecular flexibility index (Phi) is 1.48. The van der Waals surface area contributed by atoms with Crippen LogP contribution in [0.5, 0.6) is 0 Å². The summed E-state index contributed by atoms with van der Waals surface area (Å²) in [5.74, 6) is -0.118. The van der Waals surface area contributed by atoms with E-state index in [0.29, 0.717) is 6.61 Å². The van der Waals surface area contributed by atoms with Gasteiger partial charge in [-0.25, -0.2) is 0 Å². The summed E-state index contributed by atoms with van der Waals surface area (Å²) in [4.78, 5) is 10.5. The average Bonchev–Trinajstić information content (AvgIpc) is 2.14. The van der Waals surface area contributed by atoms with Gasteiger partial charge in [-0.1, -0.05) is 0 Å². The van der Waals surface area contributed by atoms with E-state index in [-0.39, 0.29) is 12.0 Å². The van der Waals surface area contributed by atoms with E-state index in [1.54, 1.807) is 7.05 Å². The molecule has 1 saturated heterocycles. The molecule has 3 nitrogen and oxygen atoms in total. The van der Waals surface area contributed by atoms with Crippen molar-refractivity contribution in [2.45, 2.75) is 12.5 Å². The van der Waals surface area contributed by atoms with Crippen LogP contribution in [0.15, 0.2) is 0 Å². The van der Waals surface area contributed by atoms with Gasteiger partial charge in [-0.2, -0.15) is 0 Å². The second-order valence-corrected chi connectivity index (χ2v) is 1.80. The second kappa shape index (κ2) is 2.13. The first-order chi connectivity index (χ1) is 3.84. The van der Waals surface area contributed by atoms with Crippen LogP contribution in [0.3, 0.4) is 0 Å². The molecule has 1 rings (SSSR count). The van der Waals surface area contributed by atoms with Gasteiger partial charge < -0.3 is 10.1 Å². The smallest absolute Gasteiger partial charge is 0.323 e. The van der Waals surface area contributed by atoms with Gasteiger partial charge in [0, 0.05) is 6.42 Å². The van der Waals surface area contributed by atoms with E-state index in [2.05, 4.69) is 10.1 Å². The number of carbonyl (C=O) groups excluding carboxylic acids is 1. The van der Waals surface area contributed by atoms with E-state index in [4.69, 9.17) is 0 Å². The largest absolute Gasteiger partial charge is 0.464 e. The SMILES string of the molecule is CNC1CCOC1=O. The lowest BCUT2D eigenvalue weighted by atomic mass is 10.3. The molecular weight excluding hydrogens is 106 g/mol. The van der Waals surface area contributed by atoms with Gasteiger partial charge >= 0.3 is 5.97 Å². The molecule has 1 fully saturated rings. The molecule has 0 saturated carbocycles. The molecule has 0 spiro atoms. The van der Waals surface area contributed by atoms with Crippen molar-refractivity contribution in [1.29, 1.82) is 0 Å². The van der Waals surface area contributed by atoms with Crippen molar-refractivity contribution in [2.24, 2.45) is 0 Å². The number of cyclic esters (lactones) is 1. The van der Waals surface area contributed by atoms with Crippen molar-refractivity contribution in [3.63, 3.8) is 0 Å². The zero-order valence-electron chi connectivity index (χ0n) is 4.81. The molecule has 1 atom stereocenters. The molecule has 1 aliphatic rings. The molecule has 46 valence electrons. The summed E-state index contributed by atoms with van der Waals surface area (Å²) in [6.07, 6.45) is 0.815. The molecule has 0 amide bonds. The molecule has 0 radical (unpaired) electrons. The van der Waals surface area contributed by atoms with Crippen molar-refractivity contribution in [3.8, 4) is 0 Å². The number of rotatable bonds is 1. The number of ether oxygens (including phenoxy) is 1. The van der Waals surface area contributed by atoms with Crippen molar-refractivity contribution < 1.29 is 9.53 Å². The maximum atomic E-state index is 10.5. The van der Waals surface area contributed by atoms with Crippen LogP contribution in [0.2, 0.25) is 0 Å². The topological polar surface area (TPSA) is 38.3 Å². The summed E-state index contributed by atoms with van der Waals surface area (Å²) in [6.45, 7) is 0.574. The standard InChI is InChI=1S/C5H9NO2/c1-6-4-2-3-8-5(4)7/h4,6H,2-3H2,1H3. The first-order valence-corrected chi connectivity index (χ1v) is 2.68. The van der Waals surface area contributed by atoms with E-state index >= 15 is 0 Å². The first kappa shape index (κ1) is 5.56. The highest BCUT2D eigenvalue weighted by molar-refractivity contribution is 5.77. The third-order valence-electron chi connectivity index (χ3n) is 1.28. The van der Waals surface area contributed by atoms with Crippen LogP contribution in [0.1, 0.15) is 6.42 Å². The van der Waals surface area contributed by atoms with Crippen LogP contribution >= 0.6 is 0 Å². The Morgan fingerprint density at radius 3 is 2.88 bits per heavy atom. The summed E-state index contributed by atoms with van der Waals surface area (Å²) in [5, 5.41) is 2.84. The molecule has 0 aromatic heterocycles. The number of likely N-dealkylation sites (N-methyl/N-ethyl adjacent to an activating group) is 1. The number of hydrogen-bond donors (Lipinski definition) is 1. The van der Waals surface area contributed by atoms with E-state index in [1.807, 2.05) is 0 Å². The lowest BCUT2D eigenvalue weighted by Crippen LogP contribution is -2.29. The number of carbonyl (C=O) groups is 1. The van der Waals surface area contributed by atoms with E-state index < -0.39 is 0 Å². The Bertz CT molecular complexity index is 103. The van der Waals surface area contributed by atoms with Gasteiger partial charge in [-0.15, -0.1) is 0 Å². The van der Waals surface area contributed by atoms with Gasteiger partial charge in [0.25, 0.3) is 0 Å². The summed E-state index contributed by atoms with van der Waals surface area (Å²) in [7, 11) is 1.76. The first-order valence-electron chi connectivity index (χ1n) is 2.68. The third-order valence-corrected chi connectivity index (χ3v) is 1.28. The van der Waals surface area contributed by atoms with Crippen LogP contribution < -0.4 is 5.32 Å². The van der Waals surface area contributed by atoms with E-state index in [1.165, 1.54) is 0 Å². The predicted octanol–water partition coefficient (Wildman–Crippen LogP) is -0.479. The highest BCUT2D eigenvalue weighted by Crippen LogP contribution is 2.03. The molecule has 3 heteroatoms. The Morgan fingerprint density at radius 1 is 1.88 bits per heavy atom. The van der Waals surface area contributed by atoms with Crippen LogP contribution in [0, 0.1) is 0 Å². The monoisotopic (exact) mass is 115 g/mol. The minimum absolute atomic E-state index is 0.0463. The summed E-state index contributed by atoms with van der Waals surface area (Å²) >= 11 is 0. The molecule has 0 bridgehead atoms. The van der Waals surface area contributed by atoms with Gasteiger partial charge in [0.15, 0.2) is 0 Å². The van der Waals surface area contributed by atoms with E-state index in [0.717, 1.165) is 6.42 Å². The number of esters is 1. The number of hydrogen-bond acceptors (Lipinski definition) is 3. The zero-order chi connectivity index (χ0) is 5.98. The van der Waals surface area contributed by atoms with Crippen LogP contribution in [0.4, 0.5) is 0 Å². The van der Waals surface area contributed by atoms with Crippen molar-refractivity contribution in [3.05, 3.63) is 0 Å². The van der Waals surface area contributed by atoms with Gasteiger partial charge in [-0.3, -0.25) is 4.79 Å². The van der Waals surface area contributed by atoms with Gasteiger partial charge in [0.05, 0.1) is 6.61 Å². The molecule has 1 heterocycles. The van der Waals surface area contributed by atoms with Gasteiger partial charge in [0.2, 0.25) is 0 Å². The van der Waals surface area contributed by atoms with Crippen molar-refractivity contribution in [2.75, 3.05) is 13.7 Å². The second-order valence-electron chi connectivity index (χ2n) is 1.80. The minimum atomic E-state index is -0.118. The maximum Gasteiger partial charge on any atom is 0.323 e. The molecule has 0 aromatic rings. The fourth-order valence-corrected chi connectivity index (χ4v) is 0.758. The molecule has 1 N–H and O–H groups in total. The van der Waals surface area contributed by atoms with Gasteiger partial charge in [0.1, 0.15) is 6.04 Å². The molecule has 1 unspecified atom stereocenters. The number of nitrogens with one attached hydrogen (secondary N) is 1. The Labute approximate surface area is 48.0 Å². The third kappa shape index (κ3) is 0.816.